The molecule has 0 nitrogen and oxygen atoms in total. The van der Waals surface area contributed by atoms with Crippen LogP contribution >= 0.6 is 0 Å². The summed E-state index contributed by atoms with van der Waals surface area (Å²) in [7, 11) is 2.18. The van der Waals surface area contributed by atoms with Crippen LogP contribution in [0, 0.1) is 0 Å². The Morgan fingerprint density at radius 1 is 0.750 bits per heavy atom. The van der Waals surface area contributed by atoms with E-state index in [1.807, 2.05) is 0 Å². The molecule has 0 aromatic heterocycles. The van der Waals surface area contributed by atoms with Crippen molar-refractivity contribution in [3.8, 4) is 0 Å². The average Bonchev–Trinajstić information content (AvgIpc) is 2.38. The zero-order valence-electron chi connectivity index (χ0n) is 9.27. The van der Waals surface area contributed by atoms with Gasteiger partial charge in [-0.05, 0) is 21.5 Å². The van der Waals surface area contributed by atoms with Crippen LogP contribution in [0.25, 0.3) is 21.5 Å². The average molecular weight is 203 g/mol. The molecule has 0 unspecified atom stereocenters. The second-order valence-corrected chi connectivity index (χ2v) is 4.02. The summed E-state index contributed by atoms with van der Waals surface area (Å²) in [5, 5.41) is 5.33. The van der Waals surface area contributed by atoms with Crippen LogP contribution in [0.1, 0.15) is 0 Å². The second-order valence-electron chi connectivity index (χ2n) is 4.02. The number of rotatable bonds is 1. The molecule has 0 amide bonds. The lowest BCUT2D eigenvalue weighted by Crippen LogP contribution is -2.11. The Kier molecular flexibility index (Phi) is 2.18. The smallest absolute Gasteiger partial charge is 0.0872 e. The van der Waals surface area contributed by atoms with Crippen molar-refractivity contribution in [3.05, 3.63) is 54.6 Å². The molecule has 1 radical (unpaired) electrons. The minimum absolute atomic E-state index is 1.31. The Hall–Kier alpha value is -1.76. The number of hydrogen-bond acceptors (Lipinski definition) is 0. The zero-order chi connectivity index (χ0) is 11.0. The van der Waals surface area contributed by atoms with Gasteiger partial charge in [0.25, 0.3) is 0 Å². The van der Waals surface area contributed by atoms with Crippen molar-refractivity contribution in [2.75, 3.05) is 0 Å². The fraction of sp³-hybridized carbons (Fsp3) is 0.0667. The monoisotopic (exact) mass is 203 g/mol. The molecule has 16 heavy (non-hydrogen) atoms. The molecule has 75 valence electrons. The molecule has 0 aliphatic heterocycles. The van der Waals surface area contributed by atoms with E-state index >= 15 is 0 Å². The molecule has 0 spiro atoms. The zero-order valence-corrected chi connectivity index (χ0v) is 9.27. The molecule has 3 aromatic carbocycles. The minimum Gasteiger partial charge on any atom is -0.0872 e. The van der Waals surface area contributed by atoms with Crippen molar-refractivity contribution in [3.63, 3.8) is 0 Å². The molecular weight excluding hydrogens is 191 g/mol. The van der Waals surface area contributed by atoms with Gasteiger partial charge in [0, 0.05) is 0 Å². The van der Waals surface area contributed by atoms with Gasteiger partial charge in [0.1, 0.15) is 7.28 Å². The van der Waals surface area contributed by atoms with Crippen LogP contribution in [0.4, 0.5) is 0 Å². The first-order chi connectivity index (χ1) is 7.90. The Balaban J connectivity index is 2.57. The van der Waals surface area contributed by atoms with Crippen molar-refractivity contribution >= 4 is 34.3 Å². The maximum Gasteiger partial charge on any atom is 0.149 e. The summed E-state index contributed by atoms with van der Waals surface area (Å²) in [4.78, 5) is 0. The van der Waals surface area contributed by atoms with Crippen LogP contribution in [-0.4, -0.2) is 7.28 Å². The maximum absolute atomic E-state index is 2.26. The second kappa shape index (κ2) is 3.68. The van der Waals surface area contributed by atoms with E-state index in [1.165, 1.54) is 27.0 Å². The van der Waals surface area contributed by atoms with E-state index in [0.29, 0.717) is 0 Å². The highest BCUT2D eigenvalue weighted by Gasteiger charge is 2.03. The first-order valence-corrected chi connectivity index (χ1v) is 5.60. The van der Waals surface area contributed by atoms with E-state index in [0.717, 1.165) is 0 Å². The standard InChI is InChI=1S/C15H12B/c1-16-15-10-11-6-2-3-7-12(11)13-8-4-5-9-14(13)15/h2-10H,1H3. The molecule has 0 atom stereocenters. The molecule has 0 bridgehead atoms. The lowest BCUT2D eigenvalue weighted by molar-refractivity contribution is 1.78. The number of fused-ring (bicyclic) bond motifs is 3. The largest absolute Gasteiger partial charge is 0.149 e. The number of hydrogen-bond donors (Lipinski definition) is 0. The fourth-order valence-corrected chi connectivity index (χ4v) is 2.32. The Morgan fingerprint density at radius 2 is 1.38 bits per heavy atom. The van der Waals surface area contributed by atoms with Gasteiger partial charge in [-0.3, -0.25) is 0 Å². The van der Waals surface area contributed by atoms with Crippen LogP contribution in [0.15, 0.2) is 54.6 Å². The first-order valence-electron chi connectivity index (χ1n) is 5.60. The van der Waals surface area contributed by atoms with Crippen molar-refractivity contribution in [2.45, 2.75) is 6.82 Å². The molecule has 3 rings (SSSR count). The Bertz CT molecular complexity index is 656. The van der Waals surface area contributed by atoms with Crippen molar-refractivity contribution in [1.29, 1.82) is 0 Å². The highest BCUT2D eigenvalue weighted by atomic mass is 14.0. The quantitative estimate of drug-likeness (QED) is 0.420. The van der Waals surface area contributed by atoms with Gasteiger partial charge in [-0.25, -0.2) is 0 Å². The van der Waals surface area contributed by atoms with Crippen LogP contribution in [-0.2, 0) is 0 Å². The predicted molar refractivity (Wildman–Crippen MR) is 72.7 cm³/mol. The molecule has 0 saturated carbocycles. The van der Waals surface area contributed by atoms with E-state index in [-0.39, 0.29) is 0 Å². The third-order valence-corrected chi connectivity index (χ3v) is 3.11. The topological polar surface area (TPSA) is 0 Å². The molecule has 0 heterocycles. The Morgan fingerprint density at radius 3 is 2.12 bits per heavy atom. The van der Waals surface area contributed by atoms with Gasteiger partial charge in [-0.15, -0.1) is 0 Å². The van der Waals surface area contributed by atoms with E-state index in [1.54, 1.807) is 0 Å². The third kappa shape index (κ3) is 1.32. The van der Waals surface area contributed by atoms with Gasteiger partial charge < -0.3 is 0 Å². The first kappa shape index (κ1) is 9.47. The Labute approximate surface area is 96.1 Å². The van der Waals surface area contributed by atoms with E-state index < -0.39 is 0 Å². The van der Waals surface area contributed by atoms with Gasteiger partial charge in [0.2, 0.25) is 0 Å². The van der Waals surface area contributed by atoms with E-state index in [9.17, 15) is 0 Å². The summed E-state index contributed by atoms with van der Waals surface area (Å²) in [6, 6.07) is 19.4. The van der Waals surface area contributed by atoms with Crippen LogP contribution in [0.2, 0.25) is 6.82 Å². The molecule has 0 saturated heterocycles. The SMILES string of the molecule is C[B]c1cc2ccccc2c2ccccc12. The molecule has 0 aliphatic rings. The fourth-order valence-electron chi connectivity index (χ4n) is 2.32. The normalized spacial score (nSPS) is 10.8. The molecule has 0 N–H and O–H groups in total. The summed E-state index contributed by atoms with van der Waals surface area (Å²) in [6.07, 6.45) is 0. The number of benzene rings is 3. The van der Waals surface area contributed by atoms with E-state index in [2.05, 4.69) is 68.7 Å². The summed E-state index contributed by atoms with van der Waals surface area (Å²) < 4.78 is 0. The predicted octanol–water partition coefficient (Wildman–Crippen LogP) is 3.37. The maximum atomic E-state index is 2.26. The molecule has 0 fully saturated rings. The van der Waals surface area contributed by atoms with Crippen LogP contribution < -0.4 is 5.46 Å². The molecule has 1 heteroatoms. The highest BCUT2D eigenvalue weighted by molar-refractivity contribution is 6.56. The van der Waals surface area contributed by atoms with Crippen molar-refractivity contribution in [2.24, 2.45) is 0 Å². The van der Waals surface area contributed by atoms with Gasteiger partial charge >= 0.3 is 0 Å². The van der Waals surface area contributed by atoms with Gasteiger partial charge in [0.05, 0.1) is 0 Å². The molecular formula is C15H12B. The highest BCUT2D eigenvalue weighted by Crippen LogP contribution is 2.23. The van der Waals surface area contributed by atoms with Crippen LogP contribution in [0.3, 0.4) is 0 Å². The molecule has 3 aromatic rings. The van der Waals surface area contributed by atoms with Crippen LogP contribution in [0.5, 0.6) is 0 Å². The van der Waals surface area contributed by atoms with Gasteiger partial charge in [-0.2, -0.15) is 0 Å². The third-order valence-electron chi connectivity index (χ3n) is 3.11. The van der Waals surface area contributed by atoms with Crippen molar-refractivity contribution < 1.29 is 0 Å². The lowest BCUT2D eigenvalue weighted by atomic mass is 9.70. The summed E-state index contributed by atoms with van der Waals surface area (Å²) in [5.41, 5.74) is 1.31. The van der Waals surface area contributed by atoms with Gasteiger partial charge in [0.15, 0.2) is 0 Å². The minimum atomic E-state index is 1.31. The van der Waals surface area contributed by atoms with Gasteiger partial charge in [-0.1, -0.05) is 66.9 Å². The van der Waals surface area contributed by atoms with E-state index in [4.69, 9.17) is 0 Å². The molecule has 0 aliphatic carbocycles. The van der Waals surface area contributed by atoms with Crippen molar-refractivity contribution in [1.82, 2.24) is 0 Å². The summed E-state index contributed by atoms with van der Waals surface area (Å²) in [6.45, 7) is 2.09. The summed E-state index contributed by atoms with van der Waals surface area (Å²) in [5.74, 6) is 0. The lowest BCUT2D eigenvalue weighted by Gasteiger charge is -2.08. The summed E-state index contributed by atoms with van der Waals surface area (Å²) >= 11 is 0.